The quantitative estimate of drug-likeness (QED) is 0.803. The van der Waals surface area contributed by atoms with E-state index in [-0.39, 0.29) is 5.54 Å². The minimum absolute atomic E-state index is 0.242. The molecule has 3 heteroatoms. The van der Waals surface area contributed by atoms with Gasteiger partial charge in [0.1, 0.15) is 0 Å². The zero-order valence-electron chi connectivity index (χ0n) is 13.8. The number of benzene rings is 1. The fraction of sp³-hybridized carbons (Fsp3) is 0.667. The van der Waals surface area contributed by atoms with Crippen LogP contribution in [-0.4, -0.2) is 42.4 Å². The van der Waals surface area contributed by atoms with Crippen LogP contribution in [0.25, 0.3) is 0 Å². The fourth-order valence-electron chi connectivity index (χ4n) is 2.78. The maximum absolute atomic E-state index is 3.66. The van der Waals surface area contributed by atoms with E-state index in [0.717, 1.165) is 12.5 Å². The van der Waals surface area contributed by atoms with Crippen molar-refractivity contribution >= 4 is 11.8 Å². The first kappa shape index (κ1) is 16.9. The van der Waals surface area contributed by atoms with Gasteiger partial charge in [-0.25, -0.2) is 0 Å². The van der Waals surface area contributed by atoms with E-state index in [2.05, 4.69) is 61.3 Å². The van der Waals surface area contributed by atoms with Crippen molar-refractivity contribution in [3.05, 3.63) is 30.3 Å². The van der Waals surface area contributed by atoms with Gasteiger partial charge in [0, 0.05) is 29.3 Å². The first-order chi connectivity index (χ1) is 10.0. The van der Waals surface area contributed by atoms with Gasteiger partial charge in [0.2, 0.25) is 0 Å². The normalized spacial score (nSPS) is 20.6. The summed E-state index contributed by atoms with van der Waals surface area (Å²) in [7, 11) is 0. The topological polar surface area (TPSA) is 15.3 Å². The number of thioether (sulfide) groups is 1. The molecule has 1 aromatic rings. The summed E-state index contributed by atoms with van der Waals surface area (Å²) in [6, 6.07) is 10.7. The van der Waals surface area contributed by atoms with Crippen molar-refractivity contribution in [2.45, 2.75) is 44.0 Å². The minimum Gasteiger partial charge on any atom is -0.312 e. The molecule has 1 fully saturated rings. The van der Waals surface area contributed by atoms with Crippen LogP contribution >= 0.6 is 11.8 Å². The molecule has 1 aromatic carbocycles. The van der Waals surface area contributed by atoms with E-state index in [1.807, 2.05) is 11.8 Å². The summed E-state index contributed by atoms with van der Waals surface area (Å²) in [5.41, 5.74) is 0.242. The number of nitrogens with one attached hydrogen (secondary N) is 1. The van der Waals surface area contributed by atoms with E-state index in [1.54, 1.807) is 0 Å². The van der Waals surface area contributed by atoms with Crippen LogP contribution in [0.4, 0.5) is 0 Å². The predicted octanol–water partition coefficient (Wildman–Crippen LogP) is 3.88. The number of rotatable bonds is 6. The van der Waals surface area contributed by atoms with E-state index in [4.69, 9.17) is 0 Å². The van der Waals surface area contributed by atoms with Crippen LogP contribution in [0, 0.1) is 5.92 Å². The van der Waals surface area contributed by atoms with E-state index in [9.17, 15) is 0 Å². The molecule has 0 aliphatic carbocycles. The van der Waals surface area contributed by atoms with Crippen molar-refractivity contribution in [3.8, 4) is 0 Å². The first-order valence-electron chi connectivity index (χ1n) is 8.18. The lowest BCUT2D eigenvalue weighted by Crippen LogP contribution is -2.45. The largest absolute Gasteiger partial charge is 0.312 e. The van der Waals surface area contributed by atoms with Crippen LogP contribution in [-0.2, 0) is 0 Å². The van der Waals surface area contributed by atoms with Gasteiger partial charge in [-0.3, -0.25) is 0 Å². The number of hydrogen-bond donors (Lipinski definition) is 1. The molecule has 0 aromatic heterocycles. The third-order valence-electron chi connectivity index (χ3n) is 3.94. The summed E-state index contributed by atoms with van der Waals surface area (Å²) in [5, 5.41) is 3.66. The van der Waals surface area contributed by atoms with Crippen molar-refractivity contribution in [1.82, 2.24) is 10.2 Å². The summed E-state index contributed by atoms with van der Waals surface area (Å²) < 4.78 is 0. The third kappa shape index (κ3) is 6.86. The van der Waals surface area contributed by atoms with Gasteiger partial charge in [-0.1, -0.05) is 18.2 Å². The van der Waals surface area contributed by atoms with Gasteiger partial charge in [0.25, 0.3) is 0 Å². The Bertz CT molecular complexity index is 399. The molecule has 1 aliphatic heterocycles. The molecule has 118 valence electrons. The molecule has 2 rings (SSSR count). The Kier molecular flexibility index (Phi) is 6.59. The zero-order chi connectivity index (χ0) is 15.1. The number of hydrogen-bond acceptors (Lipinski definition) is 3. The van der Waals surface area contributed by atoms with Crippen LogP contribution in [0.1, 0.15) is 33.6 Å². The van der Waals surface area contributed by atoms with E-state index in [0.29, 0.717) is 0 Å². The lowest BCUT2D eigenvalue weighted by atomic mass is 9.96. The van der Waals surface area contributed by atoms with Crippen LogP contribution in [0.15, 0.2) is 35.2 Å². The molecule has 1 heterocycles. The van der Waals surface area contributed by atoms with Crippen molar-refractivity contribution in [2.24, 2.45) is 5.92 Å². The molecule has 0 spiro atoms. The highest BCUT2D eigenvalue weighted by Gasteiger charge is 2.21. The molecule has 2 nitrogen and oxygen atoms in total. The summed E-state index contributed by atoms with van der Waals surface area (Å²) >= 11 is 1.98. The molecule has 1 aliphatic rings. The molecular weight excluding hydrogens is 276 g/mol. The SMILES string of the molecule is CC(C)(C)NCC1CCCN(CCSc2ccccc2)C1. The first-order valence-corrected chi connectivity index (χ1v) is 9.17. The molecule has 0 amide bonds. The summed E-state index contributed by atoms with van der Waals surface area (Å²) in [6.45, 7) is 11.7. The molecule has 1 unspecified atom stereocenters. The number of likely N-dealkylation sites (tertiary alicyclic amines) is 1. The Morgan fingerprint density at radius 3 is 2.71 bits per heavy atom. The lowest BCUT2D eigenvalue weighted by Gasteiger charge is -2.34. The van der Waals surface area contributed by atoms with E-state index >= 15 is 0 Å². The second-order valence-electron chi connectivity index (χ2n) is 7.10. The smallest absolute Gasteiger partial charge is 0.0108 e. The average molecular weight is 307 g/mol. The summed E-state index contributed by atoms with van der Waals surface area (Å²) in [5.74, 6) is 2.02. The molecule has 0 saturated carbocycles. The van der Waals surface area contributed by atoms with Crippen molar-refractivity contribution in [1.29, 1.82) is 0 Å². The van der Waals surface area contributed by atoms with Gasteiger partial charge in [0.15, 0.2) is 0 Å². The van der Waals surface area contributed by atoms with Crippen LogP contribution in [0.5, 0.6) is 0 Å². The van der Waals surface area contributed by atoms with E-state index in [1.165, 1.54) is 43.1 Å². The van der Waals surface area contributed by atoms with Gasteiger partial charge in [-0.15, -0.1) is 11.8 Å². The van der Waals surface area contributed by atoms with Gasteiger partial charge in [-0.05, 0) is 64.8 Å². The molecule has 1 atom stereocenters. The average Bonchev–Trinajstić information content (AvgIpc) is 2.46. The zero-order valence-corrected chi connectivity index (χ0v) is 14.6. The summed E-state index contributed by atoms with van der Waals surface area (Å²) in [4.78, 5) is 4.04. The third-order valence-corrected chi connectivity index (χ3v) is 4.94. The molecule has 0 radical (unpaired) electrons. The van der Waals surface area contributed by atoms with Crippen LogP contribution < -0.4 is 5.32 Å². The van der Waals surface area contributed by atoms with Crippen LogP contribution in [0.3, 0.4) is 0 Å². The molecule has 1 N–H and O–H groups in total. The van der Waals surface area contributed by atoms with Crippen molar-refractivity contribution in [3.63, 3.8) is 0 Å². The Hall–Kier alpha value is -0.510. The van der Waals surface area contributed by atoms with Gasteiger partial charge < -0.3 is 10.2 Å². The van der Waals surface area contributed by atoms with E-state index < -0.39 is 0 Å². The Morgan fingerprint density at radius 2 is 2.00 bits per heavy atom. The Morgan fingerprint density at radius 1 is 1.24 bits per heavy atom. The summed E-state index contributed by atoms with van der Waals surface area (Å²) in [6.07, 6.45) is 2.73. The second kappa shape index (κ2) is 8.21. The van der Waals surface area contributed by atoms with Crippen molar-refractivity contribution in [2.75, 3.05) is 31.9 Å². The Balaban J connectivity index is 1.67. The number of nitrogens with zero attached hydrogens (tertiary/aromatic N) is 1. The van der Waals surface area contributed by atoms with Gasteiger partial charge in [-0.2, -0.15) is 0 Å². The monoisotopic (exact) mass is 306 g/mol. The molecule has 1 saturated heterocycles. The molecule has 21 heavy (non-hydrogen) atoms. The number of piperidine rings is 1. The van der Waals surface area contributed by atoms with Crippen LogP contribution in [0.2, 0.25) is 0 Å². The maximum atomic E-state index is 3.66. The molecular formula is C18H30N2S. The lowest BCUT2D eigenvalue weighted by molar-refractivity contribution is 0.175. The van der Waals surface area contributed by atoms with Crippen molar-refractivity contribution < 1.29 is 0 Å². The highest BCUT2D eigenvalue weighted by Crippen LogP contribution is 2.20. The van der Waals surface area contributed by atoms with Gasteiger partial charge in [0.05, 0.1) is 0 Å². The fourth-order valence-corrected chi connectivity index (χ4v) is 3.72. The highest BCUT2D eigenvalue weighted by molar-refractivity contribution is 7.99. The molecule has 0 bridgehead atoms. The highest BCUT2D eigenvalue weighted by atomic mass is 32.2. The van der Waals surface area contributed by atoms with Gasteiger partial charge >= 0.3 is 0 Å². The standard InChI is InChI=1S/C18H30N2S/c1-18(2,3)19-14-16-8-7-11-20(15-16)12-13-21-17-9-5-4-6-10-17/h4-6,9-10,16,19H,7-8,11-15H2,1-3H3. The minimum atomic E-state index is 0.242. The maximum Gasteiger partial charge on any atom is 0.0108 e. The predicted molar refractivity (Wildman–Crippen MR) is 94.1 cm³/mol. The second-order valence-corrected chi connectivity index (χ2v) is 8.27. The Labute approximate surface area is 134 Å².